The lowest BCUT2D eigenvalue weighted by Gasteiger charge is -2.13. The Morgan fingerprint density at radius 3 is 2.00 bits per heavy atom. The van der Waals surface area contributed by atoms with Crippen LogP contribution in [0.15, 0.2) is 0 Å². The second-order valence-electron chi connectivity index (χ2n) is 4.70. The van der Waals surface area contributed by atoms with Gasteiger partial charge in [-0.2, -0.15) is 0 Å². The minimum atomic E-state index is 0.873. The van der Waals surface area contributed by atoms with Crippen LogP contribution in [-0.2, 0) is 0 Å². The molecule has 0 spiro atoms. The molecule has 2 heteroatoms. The van der Waals surface area contributed by atoms with Gasteiger partial charge in [-0.15, -0.1) is 0 Å². The highest BCUT2D eigenvalue weighted by molar-refractivity contribution is 4.59. The van der Waals surface area contributed by atoms with Gasteiger partial charge in [0.15, 0.2) is 0 Å². The van der Waals surface area contributed by atoms with Gasteiger partial charge in [-0.25, -0.2) is 0 Å². The third-order valence-corrected chi connectivity index (χ3v) is 3.25. The molecule has 0 aliphatic heterocycles. The maximum absolute atomic E-state index is 3.55. The van der Waals surface area contributed by atoms with Crippen LogP contribution >= 0.6 is 0 Å². The van der Waals surface area contributed by atoms with E-state index in [1.165, 1.54) is 58.2 Å². The third-order valence-electron chi connectivity index (χ3n) is 3.25. The molecule has 0 rings (SSSR count). The first-order chi connectivity index (χ1) is 7.85. The zero-order valence-electron chi connectivity index (χ0n) is 11.6. The highest BCUT2D eigenvalue weighted by atomic mass is 14.9. The number of nitrogens with one attached hydrogen (secondary N) is 2. The van der Waals surface area contributed by atoms with Crippen LogP contribution in [0.4, 0.5) is 0 Å². The normalized spacial score (nSPS) is 11.2. The number of unbranched alkanes of at least 4 members (excludes halogenated alkanes) is 2. The lowest BCUT2D eigenvalue weighted by molar-refractivity contribution is 0.445. The molecule has 0 aromatic carbocycles. The second-order valence-corrected chi connectivity index (χ2v) is 4.70. The largest absolute Gasteiger partial charge is 0.317 e. The summed E-state index contributed by atoms with van der Waals surface area (Å²) in [7, 11) is 0. The van der Waals surface area contributed by atoms with Crippen molar-refractivity contribution in [2.45, 2.75) is 59.3 Å². The topological polar surface area (TPSA) is 24.1 Å². The summed E-state index contributed by atoms with van der Waals surface area (Å²) in [6, 6.07) is 0. The van der Waals surface area contributed by atoms with Gasteiger partial charge in [0.2, 0.25) is 0 Å². The first-order valence-corrected chi connectivity index (χ1v) is 7.26. The molecule has 0 aliphatic carbocycles. The maximum Gasteiger partial charge on any atom is -0.00207 e. The van der Waals surface area contributed by atoms with E-state index in [2.05, 4.69) is 31.4 Å². The zero-order chi connectivity index (χ0) is 12.1. The lowest BCUT2D eigenvalue weighted by atomic mass is 10.0. The van der Waals surface area contributed by atoms with E-state index in [4.69, 9.17) is 0 Å². The van der Waals surface area contributed by atoms with Gasteiger partial charge in [-0.05, 0) is 44.9 Å². The van der Waals surface area contributed by atoms with Gasteiger partial charge >= 0.3 is 0 Å². The molecule has 0 saturated carbocycles. The van der Waals surface area contributed by atoms with Crippen LogP contribution in [0.25, 0.3) is 0 Å². The molecule has 0 aromatic rings. The Morgan fingerprint density at radius 2 is 1.38 bits per heavy atom. The molecule has 0 aliphatic rings. The van der Waals surface area contributed by atoms with Crippen molar-refractivity contribution >= 4 is 0 Å². The van der Waals surface area contributed by atoms with Crippen LogP contribution in [-0.4, -0.2) is 26.2 Å². The molecule has 0 unspecified atom stereocenters. The van der Waals surface area contributed by atoms with Crippen LogP contribution in [0.3, 0.4) is 0 Å². The first kappa shape index (κ1) is 15.9. The van der Waals surface area contributed by atoms with Crippen molar-refractivity contribution in [2.75, 3.05) is 26.2 Å². The van der Waals surface area contributed by atoms with Crippen molar-refractivity contribution in [1.82, 2.24) is 10.6 Å². The molecule has 2 nitrogen and oxygen atoms in total. The van der Waals surface area contributed by atoms with E-state index in [1.807, 2.05) is 0 Å². The fraction of sp³-hybridized carbons (Fsp3) is 1.00. The quantitative estimate of drug-likeness (QED) is 0.501. The van der Waals surface area contributed by atoms with Gasteiger partial charge in [-0.1, -0.05) is 46.5 Å². The molecule has 98 valence electrons. The molecule has 0 heterocycles. The van der Waals surface area contributed by atoms with Crippen LogP contribution in [0.1, 0.15) is 59.3 Å². The van der Waals surface area contributed by atoms with E-state index >= 15 is 0 Å². The Balaban J connectivity index is 3.03. The molecular weight excluding hydrogens is 196 g/mol. The van der Waals surface area contributed by atoms with E-state index in [0.717, 1.165) is 12.5 Å². The molecule has 0 atom stereocenters. The third kappa shape index (κ3) is 10.4. The molecule has 0 bridgehead atoms. The number of hydrogen-bond acceptors (Lipinski definition) is 2. The monoisotopic (exact) mass is 228 g/mol. The van der Waals surface area contributed by atoms with Crippen molar-refractivity contribution in [3.63, 3.8) is 0 Å². The average Bonchev–Trinajstić information content (AvgIpc) is 2.32. The SMILES string of the molecule is CCCCCNCCCNCC(CC)CC. The van der Waals surface area contributed by atoms with Gasteiger partial charge < -0.3 is 10.6 Å². The van der Waals surface area contributed by atoms with E-state index in [9.17, 15) is 0 Å². The molecule has 0 aromatic heterocycles. The Kier molecular flexibility index (Phi) is 12.9. The fourth-order valence-corrected chi connectivity index (χ4v) is 1.85. The van der Waals surface area contributed by atoms with Gasteiger partial charge in [0.1, 0.15) is 0 Å². The van der Waals surface area contributed by atoms with Crippen LogP contribution in [0, 0.1) is 5.92 Å². The second kappa shape index (κ2) is 13.0. The van der Waals surface area contributed by atoms with E-state index in [0.29, 0.717) is 0 Å². The Hall–Kier alpha value is -0.0800. The van der Waals surface area contributed by atoms with Crippen molar-refractivity contribution in [1.29, 1.82) is 0 Å². The minimum Gasteiger partial charge on any atom is -0.317 e. The Labute approximate surface area is 103 Å². The van der Waals surface area contributed by atoms with Crippen LogP contribution < -0.4 is 10.6 Å². The average molecular weight is 228 g/mol. The summed E-state index contributed by atoms with van der Waals surface area (Å²) in [5, 5.41) is 7.05. The van der Waals surface area contributed by atoms with Gasteiger partial charge in [-0.3, -0.25) is 0 Å². The number of rotatable bonds is 12. The molecule has 2 N–H and O–H groups in total. The highest BCUT2D eigenvalue weighted by Gasteiger charge is 2.01. The molecular formula is C14H32N2. The van der Waals surface area contributed by atoms with Crippen LogP contribution in [0.2, 0.25) is 0 Å². The Bertz CT molecular complexity index is 122. The molecule has 0 radical (unpaired) electrons. The summed E-state index contributed by atoms with van der Waals surface area (Å²) in [6.45, 7) is 11.5. The molecule has 0 saturated heterocycles. The number of hydrogen-bond donors (Lipinski definition) is 2. The highest BCUT2D eigenvalue weighted by Crippen LogP contribution is 2.04. The van der Waals surface area contributed by atoms with Crippen molar-refractivity contribution < 1.29 is 0 Å². The van der Waals surface area contributed by atoms with Crippen molar-refractivity contribution in [3.8, 4) is 0 Å². The lowest BCUT2D eigenvalue weighted by Crippen LogP contribution is -2.26. The summed E-state index contributed by atoms with van der Waals surface area (Å²) >= 11 is 0. The van der Waals surface area contributed by atoms with Gasteiger partial charge in [0.25, 0.3) is 0 Å². The van der Waals surface area contributed by atoms with E-state index in [-0.39, 0.29) is 0 Å². The summed E-state index contributed by atoms with van der Waals surface area (Å²) in [4.78, 5) is 0. The first-order valence-electron chi connectivity index (χ1n) is 7.26. The Morgan fingerprint density at radius 1 is 0.750 bits per heavy atom. The van der Waals surface area contributed by atoms with E-state index in [1.54, 1.807) is 0 Å². The smallest absolute Gasteiger partial charge is 0.00207 e. The summed E-state index contributed by atoms with van der Waals surface area (Å²) in [5.41, 5.74) is 0. The fourth-order valence-electron chi connectivity index (χ4n) is 1.85. The predicted octanol–water partition coefficient (Wildman–Crippen LogP) is 3.18. The minimum absolute atomic E-state index is 0.873. The summed E-state index contributed by atoms with van der Waals surface area (Å²) < 4.78 is 0. The molecule has 0 fully saturated rings. The predicted molar refractivity (Wildman–Crippen MR) is 74.0 cm³/mol. The molecule has 0 amide bonds. The van der Waals surface area contributed by atoms with Gasteiger partial charge in [0.05, 0.1) is 0 Å². The summed E-state index contributed by atoms with van der Waals surface area (Å²) in [5.74, 6) is 0.873. The maximum atomic E-state index is 3.55. The van der Waals surface area contributed by atoms with E-state index < -0.39 is 0 Å². The molecule has 16 heavy (non-hydrogen) atoms. The van der Waals surface area contributed by atoms with Crippen LogP contribution in [0.5, 0.6) is 0 Å². The summed E-state index contributed by atoms with van der Waals surface area (Å²) in [6.07, 6.45) is 7.88. The van der Waals surface area contributed by atoms with Gasteiger partial charge in [0, 0.05) is 0 Å². The van der Waals surface area contributed by atoms with Crippen molar-refractivity contribution in [3.05, 3.63) is 0 Å². The van der Waals surface area contributed by atoms with Crippen molar-refractivity contribution in [2.24, 2.45) is 5.92 Å². The standard InChI is InChI=1S/C14H32N2/c1-4-7-8-10-15-11-9-12-16-13-14(5-2)6-3/h14-16H,4-13H2,1-3H3. The zero-order valence-corrected chi connectivity index (χ0v) is 11.6.